The van der Waals surface area contributed by atoms with Crippen molar-refractivity contribution in [3.05, 3.63) is 47.2 Å². The molecule has 208 valence electrons. The minimum Gasteiger partial charge on any atom is -0.494 e. The van der Waals surface area contributed by atoms with E-state index < -0.39 is 20.0 Å². The molecule has 0 unspecified atom stereocenters. The SMILES string of the molecule is CCOc1ccc(N(C(=O)OC(C)(C)C)c2c(CCCO[Si](C)(C)C(C)(C)C)c(Cl)nc3ccnn23)cc1. The first-order valence-corrected chi connectivity index (χ1v) is 16.4. The van der Waals surface area contributed by atoms with Crippen LogP contribution in [0.4, 0.5) is 16.3 Å². The fourth-order valence-electron chi connectivity index (χ4n) is 3.65. The number of benzene rings is 1. The van der Waals surface area contributed by atoms with Crippen molar-refractivity contribution >= 4 is 43.2 Å². The van der Waals surface area contributed by atoms with E-state index in [0.717, 1.165) is 0 Å². The third-order valence-electron chi connectivity index (χ3n) is 6.59. The number of carbonyl (C=O) groups excluding carboxylic acids is 1. The predicted octanol–water partition coefficient (Wildman–Crippen LogP) is 7.81. The lowest BCUT2D eigenvalue weighted by atomic mass is 10.1. The van der Waals surface area contributed by atoms with Gasteiger partial charge in [-0.3, -0.25) is 0 Å². The first-order chi connectivity index (χ1) is 17.6. The first-order valence-electron chi connectivity index (χ1n) is 13.1. The lowest BCUT2D eigenvalue weighted by molar-refractivity contribution is 0.0597. The number of fused-ring (bicyclic) bond motifs is 1. The van der Waals surface area contributed by atoms with E-state index in [1.54, 1.807) is 16.8 Å². The zero-order valence-corrected chi connectivity index (χ0v) is 25.8. The Labute approximate surface area is 232 Å². The zero-order chi connectivity index (χ0) is 28.3. The first kappa shape index (κ1) is 29.9. The summed E-state index contributed by atoms with van der Waals surface area (Å²) in [6, 6.07) is 9.05. The summed E-state index contributed by atoms with van der Waals surface area (Å²) in [5, 5.41) is 4.93. The molecule has 0 fully saturated rings. The van der Waals surface area contributed by atoms with E-state index >= 15 is 0 Å². The summed E-state index contributed by atoms with van der Waals surface area (Å²) in [4.78, 5) is 19.8. The van der Waals surface area contributed by atoms with Crippen LogP contribution in [-0.2, 0) is 15.6 Å². The summed E-state index contributed by atoms with van der Waals surface area (Å²) in [7, 11) is -1.90. The molecule has 2 heterocycles. The number of rotatable bonds is 9. The fourth-order valence-corrected chi connectivity index (χ4v) is 5.00. The second-order valence-corrected chi connectivity index (χ2v) is 16.9. The highest BCUT2D eigenvalue weighted by Gasteiger charge is 2.37. The molecule has 0 saturated carbocycles. The van der Waals surface area contributed by atoms with Crippen molar-refractivity contribution in [1.29, 1.82) is 0 Å². The van der Waals surface area contributed by atoms with Crippen LogP contribution in [0.25, 0.3) is 5.65 Å². The predicted molar refractivity (Wildman–Crippen MR) is 155 cm³/mol. The van der Waals surface area contributed by atoms with Crippen LogP contribution >= 0.6 is 11.6 Å². The van der Waals surface area contributed by atoms with Crippen molar-refractivity contribution in [2.45, 2.75) is 85.0 Å². The van der Waals surface area contributed by atoms with Crippen LogP contribution < -0.4 is 9.64 Å². The molecule has 0 saturated heterocycles. The highest BCUT2D eigenvalue weighted by molar-refractivity contribution is 6.74. The quantitative estimate of drug-likeness (QED) is 0.151. The number of hydrogen-bond donors (Lipinski definition) is 0. The maximum absolute atomic E-state index is 13.7. The van der Waals surface area contributed by atoms with Gasteiger partial charge in [-0.05, 0) is 82.9 Å². The Morgan fingerprint density at radius 1 is 1.08 bits per heavy atom. The van der Waals surface area contributed by atoms with Gasteiger partial charge in [-0.2, -0.15) is 9.61 Å². The van der Waals surface area contributed by atoms with Crippen LogP contribution in [0.15, 0.2) is 36.5 Å². The third-order valence-corrected chi connectivity index (χ3v) is 11.4. The summed E-state index contributed by atoms with van der Waals surface area (Å²) in [5.74, 6) is 1.20. The van der Waals surface area contributed by atoms with Gasteiger partial charge in [0, 0.05) is 18.2 Å². The van der Waals surface area contributed by atoms with Gasteiger partial charge >= 0.3 is 6.09 Å². The van der Waals surface area contributed by atoms with E-state index in [0.29, 0.717) is 59.7 Å². The van der Waals surface area contributed by atoms with Gasteiger partial charge in [-0.15, -0.1) is 0 Å². The molecule has 0 spiro atoms. The Bertz CT molecular complexity index is 1250. The van der Waals surface area contributed by atoms with Crippen molar-refractivity contribution < 1.29 is 18.7 Å². The van der Waals surface area contributed by atoms with Crippen molar-refractivity contribution in [1.82, 2.24) is 14.6 Å². The summed E-state index contributed by atoms with van der Waals surface area (Å²) in [6.45, 7) is 19.7. The minimum atomic E-state index is -1.90. The molecule has 0 bridgehead atoms. The highest BCUT2D eigenvalue weighted by Crippen LogP contribution is 2.38. The lowest BCUT2D eigenvalue weighted by Gasteiger charge is -2.36. The van der Waals surface area contributed by atoms with E-state index in [2.05, 4.69) is 43.9 Å². The van der Waals surface area contributed by atoms with Crippen LogP contribution in [0.2, 0.25) is 23.3 Å². The maximum Gasteiger partial charge on any atom is 0.420 e. The van der Waals surface area contributed by atoms with Gasteiger partial charge in [-0.25, -0.2) is 14.7 Å². The maximum atomic E-state index is 13.7. The number of nitrogens with zero attached hydrogens (tertiary/aromatic N) is 4. The van der Waals surface area contributed by atoms with Gasteiger partial charge in [0.2, 0.25) is 0 Å². The standard InChI is InChI=1S/C28H41ClN4O4Si/c1-10-35-21-15-13-20(14-16-21)32(26(34)37-27(2,3)4)25-22(24(29)31-23-17-18-30-33(23)25)12-11-19-36-38(8,9)28(5,6)7/h13-18H,10-12,19H2,1-9H3. The normalized spacial score (nSPS) is 12.6. The van der Waals surface area contributed by atoms with Gasteiger partial charge in [0.1, 0.15) is 16.5 Å². The number of aromatic nitrogens is 3. The molecular weight excluding hydrogens is 520 g/mol. The van der Waals surface area contributed by atoms with Crippen LogP contribution in [0.5, 0.6) is 5.75 Å². The minimum absolute atomic E-state index is 0.118. The summed E-state index contributed by atoms with van der Waals surface area (Å²) in [6.07, 6.45) is 2.35. The van der Waals surface area contributed by atoms with Crippen LogP contribution in [0, 0.1) is 0 Å². The van der Waals surface area contributed by atoms with E-state index in [1.807, 2.05) is 52.0 Å². The van der Waals surface area contributed by atoms with Gasteiger partial charge in [0.15, 0.2) is 19.8 Å². The monoisotopic (exact) mass is 560 g/mol. The molecule has 10 heteroatoms. The van der Waals surface area contributed by atoms with Crippen molar-refractivity contribution in [2.24, 2.45) is 0 Å². The summed E-state index contributed by atoms with van der Waals surface area (Å²) in [5.41, 5.74) is 1.12. The molecule has 38 heavy (non-hydrogen) atoms. The summed E-state index contributed by atoms with van der Waals surface area (Å²) < 4.78 is 19.5. The number of ether oxygens (including phenoxy) is 2. The van der Waals surface area contributed by atoms with Gasteiger partial charge in [0.05, 0.1) is 18.5 Å². The number of hydrogen-bond acceptors (Lipinski definition) is 6. The smallest absolute Gasteiger partial charge is 0.420 e. The van der Waals surface area contributed by atoms with Gasteiger partial charge in [0.25, 0.3) is 0 Å². The molecule has 0 radical (unpaired) electrons. The van der Waals surface area contributed by atoms with E-state index in [4.69, 9.17) is 25.5 Å². The van der Waals surface area contributed by atoms with Crippen molar-refractivity contribution in [3.8, 4) is 5.75 Å². The topological polar surface area (TPSA) is 78.2 Å². The van der Waals surface area contributed by atoms with E-state index in [9.17, 15) is 4.79 Å². The average Bonchev–Trinajstić information content (AvgIpc) is 3.25. The Balaban J connectivity index is 2.06. The number of carbonyl (C=O) groups is 1. The lowest BCUT2D eigenvalue weighted by Crippen LogP contribution is -2.41. The second kappa shape index (κ2) is 11.6. The van der Waals surface area contributed by atoms with E-state index in [-0.39, 0.29) is 5.04 Å². The van der Waals surface area contributed by atoms with Crippen LogP contribution in [0.1, 0.15) is 60.5 Å². The van der Waals surface area contributed by atoms with E-state index in [1.165, 1.54) is 4.90 Å². The number of amides is 1. The number of halogens is 1. The van der Waals surface area contributed by atoms with Crippen LogP contribution in [0.3, 0.4) is 0 Å². The Morgan fingerprint density at radius 2 is 1.74 bits per heavy atom. The Kier molecular flexibility index (Phi) is 9.16. The zero-order valence-electron chi connectivity index (χ0n) is 24.1. The molecule has 3 rings (SSSR count). The fraction of sp³-hybridized carbons (Fsp3) is 0.536. The molecule has 0 aliphatic carbocycles. The molecule has 8 nitrogen and oxygen atoms in total. The largest absolute Gasteiger partial charge is 0.494 e. The van der Waals surface area contributed by atoms with Crippen molar-refractivity contribution in [3.63, 3.8) is 0 Å². The van der Waals surface area contributed by atoms with Crippen LogP contribution in [-0.4, -0.2) is 47.8 Å². The molecule has 0 N–H and O–H groups in total. The molecule has 0 aliphatic rings. The molecule has 2 aromatic heterocycles. The molecule has 1 aromatic carbocycles. The Morgan fingerprint density at radius 3 is 2.32 bits per heavy atom. The van der Waals surface area contributed by atoms with Gasteiger partial charge < -0.3 is 13.9 Å². The molecule has 3 aromatic rings. The number of anilines is 2. The Hall–Kier alpha value is -2.62. The molecule has 1 amide bonds. The van der Waals surface area contributed by atoms with Crippen molar-refractivity contribution in [2.75, 3.05) is 18.1 Å². The highest BCUT2D eigenvalue weighted by atomic mass is 35.5. The van der Waals surface area contributed by atoms with Gasteiger partial charge in [-0.1, -0.05) is 32.4 Å². The average molecular weight is 561 g/mol. The molecular formula is C28H41ClN4O4Si. The third kappa shape index (κ3) is 7.06. The summed E-state index contributed by atoms with van der Waals surface area (Å²) >= 11 is 6.76. The molecule has 0 atom stereocenters. The molecule has 0 aliphatic heterocycles. The second-order valence-electron chi connectivity index (χ2n) is 11.8.